The van der Waals surface area contributed by atoms with Crippen LogP contribution in [0.4, 0.5) is 0 Å². The summed E-state index contributed by atoms with van der Waals surface area (Å²) in [5, 5.41) is 1.45. The average molecular weight is 291 g/mol. The van der Waals surface area contributed by atoms with Crippen LogP contribution in [0.1, 0.15) is 6.92 Å². The molecule has 0 rings (SSSR count). The second kappa shape index (κ2) is 5.04. The quantitative estimate of drug-likeness (QED) is 0.714. The van der Waals surface area contributed by atoms with Gasteiger partial charge in [-0.05, 0) is 26.6 Å². The Balaban J connectivity index is 5.42. The largest absolute Gasteiger partial charge is 0.553 e. The first-order valence-corrected chi connectivity index (χ1v) is 20.1. The van der Waals surface area contributed by atoms with E-state index in [1.54, 1.807) is 0 Å². The second-order valence-electron chi connectivity index (χ2n) is 7.65. The van der Waals surface area contributed by atoms with Crippen LogP contribution in [0.15, 0.2) is 0 Å². The molecule has 0 aliphatic rings. The first-order valence-electron chi connectivity index (χ1n) is 6.16. The highest BCUT2D eigenvalue weighted by molar-refractivity contribution is 7.60. The molecule has 16 heavy (non-hydrogen) atoms. The Kier molecular flexibility index (Phi) is 5.20. The van der Waals surface area contributed by atoms with Crippen molar-refractivity contribution >= 4 is 36.3 Å². The molecule has 0 aromatic heterocycles. The van der Waals surface area contributed by atoms with Crippen LogP contribution in [0.3, 0.4) is 0 Å². The zero-order valence-corrected chi connectivity index (χ0v) is 16.9. The molecule has 0 unspecified atom stereocenters. The minimum absolute atomic E-state index is 0.379. The lowest BCUT2D eigenvalue weighted by molar-refractivity contribution is 0.561. The van der Waals surface area contributed by atoms with Crippen LogP contribution in [0.25, 0.3) is 0 Å². The third-order valence-corrected chi connectivity index (χ3v) is 31.9. The number of hydrogen-bond acceptors (Lipinski definition) is 1. The third-order valence-electron chi connectivity index (χ3n) is 2.31. The molecule has 0 amide bonds. The van der Waals surface area contributed by atoms with E-state index in [1.807, 2.05) is 0 Å². The van der Waals surface area contributed by atoms with Gasteiger partial charge in [0, 0.05) is 12.8 Å². The fourth-order valence-electron chi connectivity index (χ4n) is 2.69. The standard InChI is InChI=1S/C11H30OSi4/c1-11(12-14(2,3)4)13(15(5,6)7)16(8,9)10/h1-10H3. The van der Waals surface area contributed by atoms with Crippen molar-refractivity contribution in [1.29, 1.82) is 0 Å². The topological polar surface area (TPSA) is 9.23 Å². The molecular weight excluding hydrogens is 260 g/mol. The lowest BCUT2D eigenvalue weighted by Crippen LogP contribution is -2.57. The van der Waals surface area contributed by atoms with Crippen LogP contribution in [0.2, 0.25) is 58.9 Å². The van der Waals surface area contributed by atoms with E-state index in [4.69, 9.17) is 4.43 Å². The predicted molar refractivity (Wildman–Crippen MR) is 87.6 cm³/mol. The van der Waals surface area contributed by atoms with Crippen molar-refractivity contribution in [1.82, 2.24) is 0 Å². The molecule has 96 valence electrons. The summed E-state index contributed by atoms with van der Waals surface area (Å²) in [5.41, 5.74) is 0. The van der Waals surface area contributed by atoms with Gasteiger partial charge in [0.15, 0.2) is 0 Å². The Morgan fingerprint density at radius 3 is 1.25 bits per heavy atom. The minimum Gasteiger partial charge on any atom is -0.553 e. The van der Waals surface area contributed by atoms with Crippen LogP contribution in [0, 0.1) is 0 Å². The molecule has 1 nitrogen and oxygen atoms in total. The molecule has 0 bridgehead atoms. The third kappa shape index (κ3) is 5.74. The zero-order chi connectivity index (χ0) is 13.4. The van der Waals surface area contributed by atoms with Crippen molar-refractivity contribution in [2.75, 3.05) is 0 Å². The first-order chi connectivity index (χ1) is 6.75. The average Bonchev–Trinajstić information content (AvgIpc) is 1.70. The highest BCUT2D eigenvalue weighted by Crippen LogP contribution is 2.15. The molecule has 0 atom stereocenters. The molecule has 0 heterocycles. The van der Waals surface area contributed by atoms with Crippen molar-refractivity contribution in [3.8, 4) is 0 Å². The number of hydrogen-bond donors (Lipinski definition) is 0. The summed E-state index contributed by atoms with van der Waals surface area (Å²) < 4.78 is 6.32. The van der Waals surface area contributed by atoms with Crippen molar-refractivity contribution in [2.24, 2.45) is 0 Å². The van der Waals surface area contributed by atoms with E-state index in [2.05, 4.69) is 65.8 Å². The van der Waals surface area contributed by atoms with E-state index < -0.39 is 23.5 Å². The molecular formula is C11H30OSi4. The summed E-state index contributed by atoms with van der Waals surface area (Å²) in [7, 11) is -3.91. The molecule has 0 saturated heterocycles. The maximum atomic E-state index is 6.32. The molecule has 0 aliphatic carbocycles. The molecule has 0 aliphatic heterocycles. The smallest absolute Gasteiger partial charge is 0.241 e. The summed E-state index contributed by atoms with van der Waals surface area (Å²) in [4.78, 5) is 0. The van der Waals surface area contributed by atoms with Gasteiger partial charge in [0.05, 0.1) is 15.2 Å². The van der Waals surface area contributed by atoms with Crippen LogP contribution < -0.4 is 0 Å². The van der Waals surface area contributed by atoms with Crippen LogP contribution in [-0.2, 0) is 4.43 Å². The Bertz CT molecular complexity index is 260. The highest BCUT2D eigenvalue weighted by atomic mass is 29.6. The monoisotopic (exact) mass is 290 g/mol. The fourth-order valence-corrected chi connectivity index (χ4v) is 43.6. The van der Waals surface area contributed by atoms with Crippen molar-refractivity contribution in [3.63, 3.8) is 0 Å². The Labute approximate surface area is 107 Å². The van der Waals surface area contributed by atoms with Crippen LogP contribution in [-0.4, -0.2) is 36.3 Å². The molecule has 0 radical (unpaired) electrons. The Morgan fingerprint density at radius 2 is 1.06 bits per heavy atom. The summed E-state index contributed by atoms with van der Waals surface area (Å²) in [5.74, 6) is 0. The van der Waals surface area contributed by atoms with E-state index >= 15 is 0 Å². The summed E-state index contributed by atoms with van der Waals surface area (Å²) in [6.45, 7) is 24.3. The second-order valence-corrected chi connectivity index (χ2v) is 36.0. The zero-order valence-electron chi connectivity index (χ0n) is 12.9. The van der Waals surface area contributed by atoms with Crippen molar-refractivity contribution in [2.45, 2.75) is 65.8 Å². The predicted octanol–water partition coefficient (Wildman–Crippen LogP) is 3.90. The fraction of sp³-hybridized carbons (Fsp3) is 0.909. The Hall–Kier alpha value is 0.538. The highest BCUT2D eigenvalue weighted by Gasteiger charge is 2.35. The van der Waals surface area contributed by atoms with Gasteiger partial charge in [-0.15, -0.1) is 0 Å². The van der Waals surface area contributed by atoms with Gasteiger partial charge in [0.2, 0.25) is 8.32 Å². The van der Waals surface area contributed by atoms with E-state index in [-0.39, 0.29) is 7.44 Å². The SMILES string of the molecule is CC(O[Si](C)(C)C)=[Si]([Si](C)(C)C)[Si](C)(C)C. The molecule has 0 aromatic rings. The van der Waals surface area contributed by atoms with Gasteiger partial charge >= 0.3 is 0 Å². The van der Waals surface area contributed by atoms with Gasteiger partial charge in [0.1, 0.15) is 0 Å². The lowest BCUT2D eigenvalue weighted by atomic mass is 10.9. The summed E-state index contributed by atoms with van der Waals surface area (Å²) in [6, 6.07) is 0. The summed E-state index contributed by atoms with van der Waals surface area (Å²) >= 11 is 0. The first kappa shape index (κ1) is 16.5. The van der Waals surface area contributed by atoms with Gasteiger partial charge in [-0.2, -0.15) is 0 Å². The molecule has 0 spiro atoms. The van der Waals surface area contributed by atoms with E-state index in [0.29, 0.717) is 0 Å². The normalized spacial score (nSPS) is 13.6. The van der Waals surface area contributed by atoms with Gasteiger partial charge in [-0.1, -0.05) is 39.3 Å². The van der Waals surface area contributed by atoms with E-state index in [0.717, 1.165) is 0 Å². The van der Waals surface area contributed by atoms with Crippen molar-refractivity contribution < 1.29 is 4.43 Å². The van der Waals surface area contributed by atoms with E-state index in [9.17, 15) is 0 Å². The molecule has 0 N–H and O–H groups in total. The summed E-state index contributed by atoms with van der Waals surface area (Å²) in [6.07, 6.45) is 0. The molecule has 0 fully saturated rings. The van der Waals surface area contributed by atoms with Gasteiger partial charge in [-0.3, -0.25) is 0 Å². The molecule has 0 saturated carbocycles. The Morgan fingerprint density at radius 1 is 0.750 bits per heavy atom. The van der Waals surface area contributed by atoms with Crippen molar-refractivity contribution in [3.05, 3.63) is 0 Å². The van der Waals surface area contributed by atoms with Crippen LogP contribution >= 0.6 is 0 Å². The van der Waals surface area contributed by atoms with Crippen LogP contribution in [0.5, 0.6) is 0 Å². The van der Waals surface area contributed by atoms with Gasteiger partial charge < -0.3 is 4.43 Å². The lowest BCUT2D eigenvalue weighted by Gasteiger charge is -2.34. The molecule has 0 aromatic carbocycles. The number of rotatable bonds is 4. The minimum atomic E-state index is -1.41. The van der Waals surface area contributed by atoms with E-state index in [1.165, 1.54) is 5.35 Å². The molecule has 5 heteroatoms. The van der Waals surface area contributed by atoms with Gasteiger partial charge in [-0.25, -0.2) is 0 Å². The van der Waals surface area contributed by atoms with Gasteiger partial charge in [0.25, 0.3) is 0 Å². The maximum Gasteiger partial charge on any atom is 0.241 e. The maximum absolute atomic E-state index is 6.32.